The first-order valence-corrected chi connectivity index (χ1v) is 6.78. The van der Waals surface area contributed by atoms with Crippen molar-refractivity contribution in [1.82, 2.24) is 0 Å². The van der Waals surface area contributed by atoms with E-state index >= 15 is 0 Å². The number of alkyl halides is 1. The normalized spacial score (nSPS) is 41.9. The Morgan fingerprint density at radius 1 is 1.47 bits per heavy atom. The summed E-state index contributed by atoms with van der Waals surface area (Å²) in [4.78, 5) is 11.4. The fourth-order valence-corrected chi connectivity index (χ4v) is 3.85. The Bertz CT molecular complexity index is 283. The molecule has 3 atom stereocenters. The molecule has 2 saturated carbocycles. The van der Waals surface area contributed by atoms with Gasteiger partial charge in [0, 0.05) is 10.8 Å². The zero-order valence-corrected chi connectivity index (χ0v) is 11.3. The quantitative estimate of drug-likeness (QED) is 0.571. The van der Waals surface area contributed by atoms with Crippen molar-refractivity contribution < 1.29 is 9.53 Å². The number of rotatable bonds is 2. The van der Waals surface area contributed by atoms with E-state index in [-0.39, 0.29) is 22.9 Å². The van der Waals surface area contributed by atoms with Gasteiger partial charge in [0.1, 0.15) is 11.4 Å². The lowest BCUT2D eigenvalue weighted by atomic mass is 9.70. The van der Waals surface area contributed by atoms with Crippen molar-refractivity contribution in [3.05, 3.63) is 0 Å². The highest BCUT2D eigenvalue weighted by atomic mass is 79.9. The maximum Gasteiger partial charge on any atom is 0.316 e. The van der Waals surface area contributed by atoms with Gasteiger partial charge in [0.25, 0.3) is 0 Å². The number of carbonyl (C=O) groups is 1. The summed E-state index contributed by atoms with van der Waals surface area (Å²) in [5, 5.41) is 0.306. The predicted molar refractivity (Wildman–Crippen MR) is 62.9 cm³/mol. The van der Waals surface area contributed by atoms with Gasteiger partial charge in [-0.1, -0.05) is 36.7 Å². The van der Waals surface area contributed by atoms with Crippen LogP contribution in [0.1, 0.15) is 40.0 Å². The second-order valence-electron chi connectivity index (χ2n) is 5.92. The van der Waals surface area contributed by atoms with E-state index in [9.17, 15) is 4.79 Å². The van der Waals surface area contributed by atoms with Crippen molar-refractivity contribution in [3.8, 4) is 0 Å². The fraction of sp³-hybridized carbons (Fsp3) is 0.917. The summed E-state index contributed by atoms with van der Waals surface area (Å²) >= 11 is 3.16. The molecule has 0 aromatic carbocycles. The molecule has 0 spiro atoms. The lowest BCUT2D eigenvalue weighted by Gasteiger charge is -2.41. The Morgan fingerprint density at radius 2 is 2.13 bits per heavy atom. The van der Waals surface area contributed by atoms with E-state index in [2.05, 4.69) is 36.7 Å². The summed E-state index contributed by atoms with van der Waals surface area (Å²) in [5.41, 5.74) is 0.386. The van der Waals surface area contributed by atoms with Crippen LogP contribution in [0.3, 0.4) is 0 Å². The molecule has 2 aliphatic carbocycles. The largest absolute Gasteiger partial charge is 0.461 e. The third-order valence-electron chi connectivity index (χ3n) is 4.50. The number of ether oxygens (including phenoxy) is 1. The second kappa shape index (κ2) is 3.47. The van der Waals surface area contributed by atoms with Crippen LogP contribution in [0.5, 0.6) is 0 Å². The van der Waals surface area contributed by atoms with Crippen molar-refractivity contribution in [3.63, 3.8) is 0 Å². The van der Waals surface area contributed by atoms with E-state index in [1.165, 1.54) is 19.3 Å². The minimum absolute atomic E-state index is 0.105. The van der Waals surface area contributed by atoms with Crippen molar-refractivity contribution in [2.24, 2.45) is 16.7 Å². The first kappa shape index (κ1) is 11.4. The van der Waals surface area contributed by atoms with Gasteiger partial charge in [-0.05, 0) is 25.2 Å². The standard InChI is InChI=1S/C12H19BrO2/c1-11(2)8-4-5-12(3,6-8)10(11)15-9(14)7-13/h8,10H,4-7H2,1-3H3/t8-,10-,12+/m1/s1. The van der Waals surface area contributed by atoms with E-state index < -0.39 is 0 Å². The Hall–Kier alpha value is -0.0500. The molecule has 2 bridgehead atoms. The highest BCUT2D eigenvalue weighted by Crippen LogP contribution is 2.63. The SMILES string of the molecule is CC1(C)[C@@H]2CC[C@@](C)(C2)[C@@H]1OC(=O)CBr. The average Bonchev–Trinajstić information content (AvgIpc) is 2.63. The van der Waals surface area contributed by atoms with Crippen LogP contribution in [-0.2, 0) is 9.53 Å². The number of esters is 1. The summed E-state index contributed by atoms with van der Waals surface area (Å²) in [7, 11) is 0. The van der Waals surface area contributed by atoms with Crippen LogP contribution in [0, 0.1) is 16.7 Å². The molecule has 2 fully saturated rings. The van der Waals surface area contributed by atoms with Gasteiger partial charge >= 0.3 is 5.97 Å². The molecule has 0 radical (unpaired) electrons. The van der Waals surface area contributed by atoms with E-state index in [1.54, 1.807) is 0 Å². The molecule has 0 aromatic heterocycles. The van der Waals surface area contributed by atoms with E-state index in [1.807, 2.05) is 0 Å². The van der Waals surface area contributed by atoms with Crippen LogP contribution in [0.25, 0.3) is 0 Å². The minimum Gasteiger partial charge on any atom is -0.461 e. The first-order valence-electron chi connectivity index (χ1n) is 5.65. The smallest absolute Gasteiger partial charge is 0.316 e. The molecular weight excluding hydrogens is 256 g/mol. The number of fused-ring (bicyclic) bond motifs is 2. The number of hydrogen-bond acceptors (Lipinski definition) is 2. The molecule has 0 amide bonds. The number of hydrogen-bond donors (Lipinski definition) is 0. The molecule has 3 heteroatoms. The van der Waals surface area contributed by atoms with E-state index in [4.69, 9.17) is 4.74 Å². The van der Waals surface area contributed by atoms with Crippen LogP contribution in [0.15, 0.2) is 0 Å². The summed E-state index contributed by atoms with van der Waals surface area (Å²) in [5.74, 6) is 0.609. The van der Waals surface area contributed by atoms with Gasteiger partial charge in [-0.15, -0.1) is 0 Å². The first-order chi connectivity index (χ1) is 6.90. The van der Waals surface area contributed by atoms with Crippen LogP contribution in [0.4, 0.5) is 0 Å². The van der Waals surface area contributed by atoms with Crippen LogP contribution in [-0.4, -0.2) is 17.4 Å². The topological polar surface area (TPSA) is 26.3 Å². The highest BCUT2D eigenvalue weighted by molar-refractivity contribution is 9.09. The zero-order chi connectivity index (χ0) is 11.3. The Kier molecular flexibility index (Phi) is 2.65. The average molecular weight is 275 g/mol. The van der Waals surface area contributed by atoms with Gasteiger partial charge in [0.2, 0.25) is 0 Å². The van der Waals surface area contributed by atoms with Crippen LogP contribution in [0.2, 0.25) is 0 Å². The van der Waals surface area contributed by atoms with Crippen molar-refractivity contribution in [2.45, 2.75) is 46.1 Å². The maximum atomic E-state index is 11.4. The van der Waals surface area contributed by atoms with Gasteiger partial charge in [0.05, 0.1) is 0 Å². The number of carbonyl (C=O) groups excluding carboxylic acids is 1. The van der Waals surface area contributed by atoms with Gasteiger partial charge < -0.3 is 4.74 Å². The van der Waals surface area contributed by atoms with Gasteiger partial charge in [-0.3, -0.25) is 4.79 Å². The molecule has 2 rings (SSSR count). The van der Waals surface area contributed by atoms with E-state index in [0.29, 0.717) is 5.33 Å². The lowest BCUT2D eigenvalue weighted by molar-refractivity contribution is -0.161. The van der Waals surface area contributed by atoms with E-state index in [0.717, 1.165) is 5.92 Å². The fourth-order valence-electron chi connectivity index (χ4n) is 3.71. The van der Waals surface area contributed by atoms with Crippen molar-refractivity contribution in [2.75, 3.05) is 5.33 Å². The van der Waals surface area contributed by atoms with Crippen LogP contribution < -0.4 is 0 Å². The van der Waals surface area contributed by atoms with Crippen molar-refractivity contribution >= 4 is 21.9 Å². The number of halogens is 1. The second-order valence-corrected chi connectivity index (χ2v) is 6.48. The molecule has 0 saturated heterocycles. The molecule has 2 aliphatic rings. The summed E-state index contributed by atoms with van der Waals surface area (Å²) < 4.78 is 5.63. The molecule has 86 valence electrons. The third-order valence-corrected chi connectivity index (χ3v) is 4.95. The molecule has 0 unspecified atom stereocenters. The molecule has 15 heavy (non-hydrogen) atoms. The Morgan fingerprint density at radius 3 is 2.60 bits per heavy atom. The molecule has 0 heterocycles. The molecule has 2 nitrogen and oxygen atoms in total. The Balaban J connectivity index is 2.19. The van der Waals surface area contributed by atoms with Gasteiger partial charge in [-0.2, -0.15) is 0 Å². The predicted octanol–water partition coefficient (Wildman–Crippen LogP) is 3.14. The van der Waals surface area contributed by atoms with Gasteiger partial charge in [0.15, 0.2) is 0 Å². The highest BCUT2D eigenvalue weighted by Gasteiger charge is 2.61. The van der Waals surface area contributed by atoms with Gasteiger partial charge in [-0.25, -0.2) is 0 Å². The monoisotopic (exact) mass is 274 g/mol. The summed E-state index contributed by atoms with van der Waals surface area (Å²) in [6.07, 6.45) is 3.83. The minimum atomic E-state index is -0.123. The molecule has 0 aliphatic heterocycles. The third kappa shape index (κ3) is 1.63. The van der Waals surface area contributed by atoms with Crippen molar-refractivity contribution in [1.29, 1.82) is 0 Å². The maximum absolute atomic E-state index is 11.4. The Labute approximate surface area is 99.9 Å². The summed E-state index contributed by atoms with van der Waals surface area (Å²) in [6, 6.07) is 0. The molecule has 0 aromatic rings. The molecule has 0 N–H and O–H groups in total. The molecular formula is C12H19BrO2. The van der Waals surface area contributed by atoms with Crippen LogP contribution >= 0.6 is 15.9 Å². The lowest BCUT2D eigenvalue weighted by Crippen LogP contribution is -2.43. The zero-order valence-electron chi connectivity index (χ0n) is 9.68. The summed E-state index contributed by atoms with van der Waals surface area (Å²) in [6.45, 7) is 6.76.